The molecule has 5 nitrogen and oxygen atoms in total. The molecule has 0 bridgehead atoms. The second-order valence-electron chi connectivity index (χ2n) is 11.7. The normalized spacial score (nSPS) is 17.2. The van der Waals surface area contributed by atoms with E-state index in [-0.39, 0.29) is 12.1 Å². The lowest BCUT2D eigenvalue weighted by Crippen LogP contribution is -2.29. The van der Waals surface area contributed by atoms with Crippen LogP contribution in [0.5, 0.6) is 0 Å². The first kappa shape index (κ1) is 34.2. The summed E-state index contributed by atoms with van der Waals surface area (Å²) in [6.45, 7) is 6.06. The third-order valence-corrected chi connectivity index (χ3v) is 8.59. The predicted octanol–water partition coefficient (Wildman–Crippen LogP) is 8.82. The number of carbonyl (C=O) groups is 1. The van der Waals surface area contributed by atoms with Crippen LogP contribution in [0.3, 0.4) is 0 Å². The highest BCUT2D eigenvalue weighted by atomic mass is 32.1. The smallest absolute Gasteiger partial charge is 0.305 e. The molecule has 1 saturated heterocycles. The van der Waals surface area contributed by atoms with E-state index < -0.39 is 0 Å². The van der Waals surface area contributed by atoms with Crippen LogP contribution in [0, 0.1) is 5.92 Å². The summed E-state index contributed by atoms with van der Waals surface area (Å²) in [7, 11) is 0. The molecule has 0 saturated carbocycles. The average Bonchev–Trinajstić information content (AvgIpc) is 3.63. The molecule has 39 heavy (non-hydrogen) atoms. The van der Waals surface area contributed by atoms with E-state index in [1.165, 1.54) is 103 Å². The lowest BCUT2D eigenvalue weighted by molar-refractivity contribution is -0.692. The molecule has 6 heteroatoms. The van der Waals surface area contributed by atoms with Crippen molar-refractivity contribution in [2.75, 3.05) is 26.4 Å². The Morgan fingerprint density at radius 2 is 1.44 bits per heavy atom. The summed E-state index contributed by atoms with van der Waals surface area (Å²) in [5.41, 5.74) is 2.12. The van der Waals surface area contributed by atoms with E-state index >= 15 is 0 Å². The van der Waals surface area contributed by atoms with Crippen LogP contribution < -0.4 is 4.57 Å². The number of hydrogen-bond acceptors (Lipinski definition) is 5. The second kappa shape index (κ2) is 24.8. The van der Waals surface area contributed by atoms with Crippen molar-refractivity contribution in [3.63, 3.8) is 0 Å². The minimum absolute atomic E-state index is 0.0353. The van der Waals surface area contributed by atoms with Gasteiger partial charge < -0.3 is 14.2 Å². The van der Waals surface area contributed by atoms with Crippen LogP contribution in [0.25, 0.3) is 0 Å². The van der Waals surface area contributed by atoms with Crippen LogP contribution in [-0.2, 0) is 25.5 Å². The third-order valence-electron chi connectivity index (χ3n) is 7.91. The molecule has 0 aromatic carbocycles. The van der Waals surface area contributed by atoms with Crippen molar-refractivity contribution in [1.29, 1.82) is 0 Å². The van der Waals surface area contributed by atoms with Gasteiger partial charge in [0, 0.05) is 25.4 Å². The molecule has 0 aliphatic carbocycles. The zero-order valence-corrected chi connectivity index (χ0v) is 26.1. The van der Waals surface area contributed by atoms with E-state index in [0.717, 1.165) is 52.0 Å². The van der Waals surface area contributed by atoms with Crippen LogP contribution in [-0.4, -0.2) is 38.5 Å². The molecule has 0 spiro atoms. The number of aryl methyl sites for hydroxylation is 1. The number of ether oxygens (including phenoxy) is 3. The average molecular weight is 567 g/mol. The van der Waals surface area contributed by atoms with Crippen molar-refractivity contribution >= 4 is 17.3 Å². The number of esters is 1. The molecule has 1 aromatic heterocycles. The minimum atomic E-state index is -0.0926. The van der Waals surface area contributed by atoms with Crippen LogP contribution >= 0.6 is 11.3 Å². The number of carbonyl (C=O) groups excluding carboxylic acids is 1. The van der Waals surface area contributed by atoms with E-state index in [0.29, 0.717) is 18.9 Å². The minimum Gasteiger partial charge on any atom is -0.463 e. The molecule has 2 heterocycles. The highest BCUT2D eigenvalue weighted by Gasteiger charge is 2.26. The zero-order chi connectivity index (χ0) is 27.6. The molecule has 0 N–H and O–H groups in total. The molecular weight excluding hydrogens is 506 g/mol. The van der Waals surface area contributed by atoms with Crippen molar-refractivity contribution < 1.29 is 23.6 Å². The number of aromatic nitrogens is 1. The van der Waals surface area contributed by atoms with Crippen molar-refractivity contribution in [3.05, 3.63) is 17.1 Å². The summed E-state index contributed by atoms with van der Waals surface area (Å²) in [5.74, 6) is 0.342. The lowest BCUT2D eigenvalue weighted by atomic mass is 10.0. The Morgan fingerprint density at radius 1 is 0.821 bits per heavy atom. The molecule has 1 aromatic rings. The van der Waals surface area contributed by atoms with Gasteiger partial charge in [-0.1, -0.05) is 115 Å². The summed E-state index contributed by atoms with van der Waals surface area (Å²) >= 11 is 1.71. The summed E-state index contributed by atoms with van der Waals surface area (Å²) in [5, 5.41) is 2.08. The summed E-state index contributed by atoms with van der Waals surface area (Å²) < 4.78 is 19.4. The van der Waals surface area contributed by atoms with E-state index in [1.807, 2.05) is 0 Å². The van der Waals surface area contributed by atoms with Gasteiger partial charge in [0.25, 0.3) is 0 Å². The van der Waals surface area contributed by atoms with E-state index in [1.54, 1.807) is 11.3 Å². The molecule has 2 rings (SSSR count). The monoisotopic (exact) mass is 566 g/mol. The van der Waals surface area contributed by atoms with Gasteiger partial charge >= 0.3 is 5.97 Å². The fourth-order valence-electron chi connectivity index (χ4n) is 5.40. The maximum Gasteiger partial charge on any atom is 0.305 e. The Balaban J connectivity index is 1.27. The fourth-order valence-corrected chi connectivity index (χ4v) is 6.03. The number of rotatable bonds is 27. The zero-order valence-electron chi connectivity index (χ0n) is 25.3. The maximum absolute atomic E-state index is 12.0. The summed E-state index contributed by atoms with van der Waals surface area (Å²) in [6, 6.07) is 0. The Morgan fingerprint density at radius 3 is 2.05 bits per heavy atom. The fraction of sp³-hybridized carbons (Fsp3) is 0.879. The number of hydrogen-bond donors (Lipinski definition) is 0. The topological polar surface area (TPSA) is 48.6 Å². The van der Waals surface area contributed by atoms with Crippen LogP contribution in [0.4, 0.5) is 0 Å². The van der Waals surface area contributed by atoms with E-state index in [4.69, 9.17) is 14.2 Å². The van der Waals surface area contributed by atoms with Crippen molar-refractivity contribution in [3.8, 4) is 0 Å². The van der Waals surface area contributed by atoms with Gasteiger partial charge in [0.15, 0.2) is 6.20 Å². The maximum atomic E-state index is 12.0. The van der Waals surface area contributed by atoms with Crippen LogP contribution in [0.15, 0.2) is 17.1 Å². The van der Waals surface area contributed by atoms with Gasteiger partial charge in [0.2, 0.25) is 5.51 Å². The highest BCUT2D eigenvalue weighted by molar-refractivity contribution is 7.07. The summed E-state index contributed by atoms with van der Waals surface area (Å²) in [4.78, 5) is 12.0. The highest BCUT2D eigenvalue weighted by Crippen LogP contribution is 2.21. The van der Waals surface area contributed by atoms with Crippen molar-refractivity contribution in [2.24, 2.45) is 5.92 Å². The van der Waals surface area contributed by atoms with E-state index in [9.17, 15) is 4.79 Å². The van der Waals surface area contributed by atoms with Gasteiger partial charge in [-0.25, -0.2) is 0 Å². The molecule has 0 unspecified atom stereocenters. The molecule has 0 amide bonds. The van der Waals surface area contributed by atoms with Gasteiger partial charge in [-0.15, -0.1) is 0 Å². The first-order valence-corrected chi connectivity index (χ1v) is 17.5. The molecule has 226 valence electrons. The molecular formula is C33H60NO4S+. The molecule has 1 fully saturated rings. The largest absolute Gasteiger partial charge is 0.463 e. The predicted molar refractivity (Wildman–Crippen MR) is 162 cm³/mol. The number of unbranched alkanes of at least 4 members (excludes halogenated alkanes) is 17. The molecule has 2 atom stereocenters. The van der Waals surface area contributed by atoms with Gasteiger partial charge in [-0.05, 0) is 25.7 Å². The van der Waals surface area contributed by atoms with Crippen LogP contribution in [0.1, 0.15) is 142 Å². The second-order valence-corrected chi connectivity index (χ2v) is 12.4. The third kappa shape index (κ3) is 19.7. The summed E-state index contributed by atoms with van der Waals surface area (Å²) in [6.07, 6.45) is 28.9. The number of nitrogens with zero attached hydrogens (tertiary/aromatic N) is 1. The Bertz CT molecular complexity index is 669. The van der Waals surface area contributed by atoms with Gasteiger partial charge in [0.05, 0.1) is 24.7 Å². The Labute approximate surface area is 244 Å². The first-order chi connectivity index (χ1) is 19.3. The van der Waals surface area contributed by atoms with E-state index in [2.05, 4.69) is 28.6 Å². The first-order valence-electron chi connectivity index (χ1n) is 16.5. The Kier molecular flexibility index (Phi) is 21.8. The number of thiazole rings is 1. The Hall–Kier alpha value is -0.980. The van der Waals surface area contributed by atoms with Gasteiger partial charge in [0.1, 0.15) is 13.2 Å². The van der Waals surface area contributed by atoms with Crippen LogP contribution in [0.2, 0.25) is 0 Å². The quantitative estimate of drug-likeness (QED) is 0.0606. The standard InChI is InChI=1S/C33H60NO4S/c1-2-3-4-5-6-7-8-9-10-11-12-13-14-15-16-20-24-36-27-31-26-32(37-28-31)29-38-33(35)21-18-17-19-22-34-23-25-39-30-34/h23,25,30-32H,2-22,24,26-29H2,1H3/q+1/t31-,32-/m1/s1. The SMILES string of the molecule is CCCCCCCCCCCCCCCCCCOC[C@@H]1CO[C@@H](COC(=O)CCCCC[n+]2ccsc2)C1. The molecule has 0 radical (unpaired) electrons. The van der Waals surface area contributed by atoms with Gasteiger partial charge in [-0.2, -0.15) is 4.57 Å². The van der Waals surface area contributed by atoms with Gasteiger partial charge in [-0.3, -0.25) is 4.79 Å². The molecule has 1 aliphatic heterocycles. The lowest BCUT2D eigenvalue weighted by Gasteiger charge is -2.11. The van der Waals surface area contributed by atoms with Crippen molar-refractivity contribution in [1.82, 2.24) is 0 Å². The van der Waals surface area contributed by atoms with Crippen molar-refractivity contribution in [2.45, 2.75) is 154 Å². The molecule has 1 aliphatic rings.